The molecule has 5 nitrogen and oxygen atoms in total. The molecule has 0 unspecified atom stereocenters. The number of ether oxygens (including phenoxy) is 3. The standard InChI is InChI=1S/C23H29BO5/c1-22(2)23(3,4)29-24(28-22)20-17(15-25-5)13-19-18(11-12-26-19)21(20)27-14-16-9-7-6-8-10-16/h6-10,13H,11-12,14-15H2,1-5H3. The lowest BCUT2D eigenvalue weighted by Gasteiger charge is -2.32. The third-order valence-corrected chi connectivity index (χ3v) is 6.09. The summed E-state index contributed by atoms with van der Waals surface area (Å²) in [6, 6.07) is 12.2. The van der Waals surface area contributed by atoms with E-state index in [0.717, 1.165) is 40.1 Å². The zero-order chi connectivity index (χ0) is 20.6. The van der Waals surface area contributed by atoms with E-state index in [1.807, 2.05) is 24.3 Å². The Labute approximate surface area is 173 Å². The highest BCUT2D eigenvalue weighted by molar-refractivity contribution is 6.63. The van der Waals surface area contributed by atoms with Crippen molar-refractivity contribution in [1.29, 1.82) is 0 Å². The highest BCUT2D eigenvalue weighted by Gasteiger charge is 2.53. The number of methoxy groups -OCH3 is 1. The molecule has 1 saturated heterocycles. The fourth-order valence-corrected chi connectivity index (χ4v) is 3.76. The molecule has 0 aromatic heterocycles. The topological polar surface area (TPSA) is 46.2 Å². The summed E-state index contributed by atoms with van der Waals surface area (Å²) in [5.74, 6) is 1.66. The molecule has 154 valence electrons. The molecule has 2 aromatic rings. The molecular formula is C23H29BO5. The van der Waals surface area contributed by atoms with Crippen molar-refractivity contribution >= 4 is 12.6 Å². The van der Waals surface area contributed by atoms with Crippen LogP contribution < -0.4 is 14.9 Å². The molecule has 2 aromatic carbocycles. The molecule has 0 saturated carbocycles. The molecular weight excluding hydrogens is 367 g/mol. The Morgan fingerprint density at radius 3 is 2.34 bits per heavy atom. The number of benzene rings is 2. The molecule has 0 N–H and O–H groups in total. The summed E-state index contributed by atoms with van der Waals surface area (Å²) < 4.78 is 30.5. The van der Waals surface area contributed by atoms with Gasteiger partial charge in [-0.1, -0.05) is 30.3 Å². The van der Waals surface area contributed by atoms with Gasteiger partial charge in [0.1, 0.15) is 18.1 Å². The molecule has 2 aliphatic rings. The molecule has 4 rings (SSSR count). The Kier molecular flexibility index (Phi) is 5.36. The Hall–Kier alpha value is -2.02. The Bertz CT molecular complexity index is 863. The molecule has 2 aliphatic heterocycles. The van der Waals surface area contributed by atoms with E-state index in [0.29, 0.717) is 19.8 Å². The molecule has 29 heavy (non-hydrogen) atoms. The fourth-order valence-electron chi connectivity index (χ4n) is 3.76. The zero-order valence-corrected chi connectivity index (χ0v) is 17.9. The molecule has 0 radical (unpaired) electrons. The van der Waals surface area contributed by atoms with Gasteiger partial charge in [-0.15, -0.1) is 0 Å². The van der Waals surface area contributed by atoms with Crippen LogP contribution in [0.2, 0.25) is 0 Å². The van der Waals surface area contributed by atoms with Gasteiger partial charge in [0, 0.05) is 24.6 Å². The molecule has 0 amide bonds. The van der Waals surface area contributed by atoms with Crippen molar-refractivity contribution in [2.24, 2.45) is 0 Å². The number of hydrogen-bond donors (Lipinski definition) is 0. The molecule has 0 atom stereocenters. The Morgan fingerprint density at radius 1 is 1.00 bits per heavy atom. The van der Waals surface area contributed by atoms with E-state index < -0.39 is 18.3 Å². The monoisotopic (exact) mass is 396 g/mol. The van der Waals surface area contributed by atoms with Gasteiger partial charge in [0.2, 0.25) is 0 Å². The van der Waals surface area contributed by atoms with E-state index in [4.69, 9.17) is 23.5 Å². The van der Waals surface area contributed by atoms with Gasteiger partial charge in [-0.05, 0) is 44.9 Å². The molecule has 2 heterocycles. The van der Waals surface area contributed by atoms with Crippen LogP contribution >= 0.6 is 0 Å². The first-order valence-electron chi connectivity index (χ1n) is 10.1. The second kappa shape index (κ2) is 7.67. The maximum Gasteiger partial charge on any atom is 0.499 e. The van der Waals surface area contributed by atoms with Crippen LogP contribution in [0, 0.1) is 0 Å². The number of fused-ring (bicyclic) bond motifs is 1. The van der Waals surface area contributed by atoms with Crippen LogP contribution in [0.1, 0.15) is 44.4 Å². The molecule has 0 aliphatic carbocycles. The molecule has 6 heteroatoms. The highest BCUT2D eigenvalue weighted by atomic mass is 16.7. The summed E-state index contributed by atoms with van der Waals surface area (Å²) in [5, 5.41) is 0. The van der Waals surface area contributed by atoms with Gasteiger partial charge in [-0.3, -0.25) is 0 Å². The summed E-state index contributed by atoms with van der Waals surface area (Å²) in [4.78, 5) is 0. The van der Waals surface area contributed by atoms with Gasteiger partial charge in [0.25, 0.3) is 0 Å². The SMILES string of the molecule is COCc1cc2c(c(OCc3ccccc3)c1B1OC(C)(C)C(C)(C)O1)CCO2. The minimum atomic E-state index is -0.526. The molecule has 0 spiro atoms. The minimum absolute atomic E-state index is 0.428. The first kappa shape index (κ1) is 20.3. The first-order valence-corrected chi connectivity index (χ1v) is 10.1. The van der Waals surface area contributed by atoms with Crippen molar-refractivity contribution in [1.82, 2.24) is 0 Å². The Morgan fingerprint density at radius 2 is 1.69 bits per heavy atom. The maximum absolute atomic E-state index is 6.41. The largest absolute Gasteiger partial charge is 0.499 e. The predicted molar refractivity (Wildman–Crippen MR) is 113 cm³/mol. The lowest BCUT2D eigenvalue weighted by atomic mass is 9.74. The van der Waals surface area contributed by atoms with E-state index >= 15 is 0 Å². The lowest BCUT2D eigenvalue weighted by molar-refractivity contribution is 0.00578. The van der Waals surface area contributed by atoms with Crippen molar-refractivity contribution in [3.8, 4) is 11.5 Å². The highest BCUT2D eigenvalue weighted by Crippen LogP contribution is 2.40. The van der Waals surface area contributed by atoms with Crippen LogP contribution in [-0.2, 0) is 33.7 Å². The van der Waals surface area contributed by atoms with E-state index in [2.05, 4.69) is 39.8 Å². The third kappa shape index (κ3) is 3.77. The van der Waals surface area contributed by atoms with Crippen LogP contribution in [0.15, 0.2) is 36.4 Å². The fraction of sp³-hybridized carbons (Fsp3) is 0.478. The van der Waals surface area contributed by atoms with E-state index in [-0.39, 0.29) is 0 Å². The summed E-state index contributed by atoms with van der Waals surface area (Å²) in [6.07, 6.45) is 0.805. The van der Waals surface area contributed by atoms with Crippen LogP contribution in [0.3, 0.4) is 0 Å². The van der Waals surface area contributed by atoms with Gasteiger partial charge in [0.15, 0.2) is 0 Å². The van der Waals surface area contributed by atoms with Crippen molar-refractivity contribution in [2.75, 3.05) is 13.7 Å². The summed E-state index contributed by atoms with van der Waals surface area (Å²) in [6.45, 7) is 9.78. The first-order chi connectivity index (χ1) is 13.8. The van der Waals surface area contributed by atoms with Gasteiger partial charge in [-0.2, -0.15) is 0 Å². The quantitative estimate of drug-likeness (QED) is 0.698. The summed E-state index contributed by atoms with van der Waals surface area (Å²) in [7, 11) is 1.16. The average molecular weight is 396 g/mol. The van der Waals surface area contributed by atoms with Crippen molar-refractivity contribution in [2.45, 2.75) is 58.5 Å². The average Bonchev–Trinajstić information content (AvgIpc) is 3.22. The predicted octanol–water partition coefficient (Wildman–Crippen LogP) is 3.65. The van der Waals surface area contributed by atoms with Crippen LogP contribution in [-0.4, -0.2) is 32.0 Å². The van der Waals surface area contributed by atoms with E-state index in [9.17, 15) is 0 Å². The maximum atomic E-state index is 6.41. The van der Waals surface area contributed by atoms with E-state index in [1.54, 1.807) is 7.11 Å². The van der Waals surface area contributed by atoms with Crippen LogP contribution in [0.25, 0.3) is 0 Å². The number of hydrogen-bond acceptors (Lipinski definition) is 5. The van der Waals surface area contributed by atoms with E-state index in [1.165, 1.54) is 0 Å². The summed E-state index contributed by atoms with van der Waals surface area (Å²) in [5.41, 5.74) is 3.19. The normalized spacial score (nSPS) is 19.1. The lowest BCUT2D eigenvalue weighted by Crippen LogP contribution is -2.41. The summed E-state index contributed by atoms with van der Waals surface area (Å²) >= 11 is 0. The van der Waals surface area contributed by atoms with Gasteiger partial charge in [0.05, 0.1) is 24.4 Å². The van der Waals surface area contributed by atoms with Crippen molar-refractivity contribution in [3.05, 3.63) is 53.1 Å². The van der Waals surface area contributed by atoms with Crippen LogP contribution in [0.5, 0.6) is 11.5 Å². The van der Waals surface area contributed by atoms with Crippen molar-refractivity contribution < 1.29 is 23.5 Å². The molecule has 0 bridgehead atoms. The molecule has 1 fully saturated rings. The minimum Gasteiger partial charge on any atom is -0.493 e. The van der Waals surface area contributed by atoms with Gasteiger partial charge >= 0.3 is 7.12 Å². The Balaban J connectivity index is 1.77. The zero-order valence-electron chi connectivity index (χ0n) is 17.9. The second-order valence-electron chi connectivity index (χ2n) is 8.65. The van der Waals surface area contributed by atoms with Gasteiger partial charge < -0.3 is 23.5 Å². The van der Waals surface area contributed by atoms with Crippen LogP contribution in [0.4, 0.5) is 0 Å². The van der Waals surface area contributed by atoms with Gasteiger partial charge in [-0.25, -0.2) is 0 Å². The smallest absolute Gasteiger partial charge is 0.493 e. The third-order valence-electron chi connectivity index (χ3n) is 6.09. The van der Waals surface area contributed by atoms with Crippen molar-refractivity contribution in [3.63, 3.8) is 0 Å². The number of rotatable bonds is 6. The second-order valence-corrected chi connectivity index (χ2v) is 8.65.